The molecular weight excluding hydrogens is 406 g/mol. The number of carbonyl (C=O) groups is 1. The van der Waals surface area contributed by atoms with Gasteiger partial charge < -0.3 is 14.9 Å². The molecule has 0 spiro atoms. The van der Waals surface area contributed by atoms with E-state index in [1.165, 1.54) is 0 Å². The van der Waals surface area contributed by atoms with E-state index in [0.717, 1.165) is 17.4 Å². The Morgan fingerprint density at radius 1 is 1.14 bits per heavy atom. The summed E-state index contributed by atoms with van der Waals surface area (Å²) < 4.78 is 79.1. The highest BCUT2D eigenvalue weighted by atomic mass is 19.4. The van der Waals surface area contributed by atoms with E-state index in [1.807, 2.05) is 0 Å². The minimum atomic E-state index is -4.82. The van der Waals surface area contributed by atoms with Crippen molar-refractivity contribution in [3.8, 4) is 0 Å². The Bertz CT molecular complexity index is 802. The number of aromatic nitrogens is 2. The Morgan fingerprint density at radius 3 is 2.28 bits per heavy atom. The molecule has 3 aliphatic heterocycles. The standard InChI is InChI=1S/C17H18F6N4O2/c18-16(19,20)11-5-13(25-15(24-11)27-2-1-12(27)17(21,22)23)26-6-8-3-9(7-26)10(8)4-14(28)29/h5,8-10,12H,1-4,6-7H2,(H,28,29)/t8-,9+,10?,12-/m1/s1. The van der Waals surface area contributed by atoms with E-state index in [2.05, 4.69) is 9.97 Å². The topological polar surface area (TPSA) is 69.6 Å². The molecule has 0 aromatic carbocycles. The molecule has 4 fully saturated rings. The normalized spacial score (nSPS) is 29.3. The van der Waals surface area contributed by atoms with E-state index in [0.29, 0.717) is 13.1 Å². The van der Waals surface area contributed by atoms with E-state index in [-0.39, 0.29) is 43.0 Å². The van der Waals surface area contributed by atoms with Crippen LogP contribution in [0.3, 0.4) is 0 Å². The summed E-state index contributed by atoms with van der Waals surface area (Å²) in [4.78, 5) is 20.7. The van der Waals surface area contributed by atoms with Gasteiger partial charge in [-0.05, 0) is 30.6 Å². The van der Waals surface area contributed by atoms with Gasteiger partial charge in [-0.3, -0.25) is 4.79 Å². The molecule has 4 atom stereocenters. The Labute approximate surface area is 161 Å². The maximum atomic E-state index is 13.3. The third-order valence-electron chi connectivity index (χ3n) is 6.11. The second-order valence-corrected chi connectivity index (χ2v) is 7.87. The van der Waals surface area contributed by atoms with Crippen LogP contribution in [-0.4, -0.2) is 52.9 Å². The summed E-state index contributed by atoms with van der Waals surface area (Å²) in [5.41, 5.74) is -1.29. The molecule has 1 aromatic rings. The van der Waals surface area contributed by atoms with Crippen LogP contribution in [0.1, 0.15) is 25.0 Å². The zero-order chi connectivity index (χ0) is 21.1. The monoisotopic (exact) mass is 424 g/mol. The van der Waals surface area contributed by atoms with Crippen LogP contribution in [0.2, 0.25) is 0 Å². The van der Waals surface area contributed by atoms with Gasteiger partial charge in [0.15, 0.2) is 5.69 Å². The van der Waals surface area contributed by atoms with Crippen LogP contribution in [0.4, 0.5) is 38.1 Å². The molecule has 4 heterocycles. The minimum Gasteiger partial charge on any atom is -0.481 e. The number of aliphatic carboxylic acids is 1. The van der Waals surface area contributed by atoms with Crippen molar-refractivity contribution in [1.29, 1.82) is 0 Å². The predicted molar refractivity (Wildman–Crippen MR) is 88.4 cm³/mol. The van der Waals surface area contributed by atoms with Gasteiger partial charge in [-0.2, -0.15) is 31.3 Å². The van der Waals surface area contributed by atoms with Crippen LogP contribution in [0.5, 0.6) is 0 Å². The van der Waals surface area contributed by atoms with Crippen molar-refractivity contribution in [3.63, 3.8) is 0 Å². The Balaban J connectivity index is 1.60. The van der Waals surface area contributed by atoms with Gasteiger partial charge in [0.25, 0.3) is 0 Å². The molecule has 160 valence electrons. The highest BCUT2D eigenvalue weighted by Crippen LogP contribution is 2.48. The number of alkyl halides is 6. The molecule has 1 aliphatic carbocycles. The lowest BCUT2D eigenvalue weighted by molar-refractivity contribution is -0.160. The number of anilines is 2. The third-order valence-corrected chi connectivity index (χ3v) is 6.11. The highest BCUT2D eigenvalue weighted by molar-refractivity contribution is 5.67. The highest BCUT2D eigenvalue weighted by Gasteiger charge is 2.51. The van der Waals surface area contributed by atoms with Crippen molar-refractivity contribution < 1.29 is 36.2 Å². The molecule has 0 radical (unpaired) electrons. The van der Waals surface area contributed by atoms with Gasteiger partial charge in [0.05, 0.1) is 0 Å². The summed E-state index contributed by atoms with van der Waals surface area (Å²) in [6.45, 7) is 0.576. The second-order valence-electron chi connectivity index (χ2n) is 7.87. The van der Waals surface area contributed by atoms with Gasteiger partial charge in [-0.25, -0.2) is 4.98 Å². The van der Waals surface area contributed by atoms with Gasteiger partial charge in [0.1, 0.15) is 11.9 Å². The number of nitrogens with zero attached hydrogens (tertiary/aromatic N) is 4. The number of rotatable bonds is 4. The number of fused-ring (bicyclic) bond motifs is 2. The molecule has 2 bridgehead atoms. The molecule has 1 N–H and O–H groups in total. The Morgan fingerprint density at radius 2 is 1.79 bits per heavy atom. The zero-order valence-electron chi connectivity index (χ0n) is 15.0. The lowest BCUT2D eigenvalue weighted by Crippen LogP contribution is -2.57. The van der Waals surface area contributed by atoms with Crippen molar-refractivity contribution >= 4 is 17.7 Å². The van der Waals surface area contributed by atoms with Crippen LogP contribution in [0, 0.1) is 17.8 Å². The van der Waals surface area contributed by atoms with Gasteiger partial charge in [0, 0.05) is 32.1 Å². The Hall–Kier alpha value is -2.27. The third kappa shape index (κ3) is 3.68. The maximum absolute atomic E-state index is 13.3. The number of hydrogen-bond donors (Lipinski definition) is 1. The number of carboxylic acids is 1. The molecule has 4 aliphatic rings. The zero-order valence-corrected chi connectivity index (χ0v) is 15.0. The van der Waals surface area contributed by atoms with Crippen molar-refractivity contribution in [2.24, 2.45) is 17.8 Å². The SMILES string of the molecule is O=C(O)CC1[C@@H]2C[C@H]1CN(c1cc(C(F)(F)F)nc(N3CC[C@@H]3C(F)(F)F)n1)C2. The maximum Gasteiger partial charge on any atom is 0.433 e. The van der Waals surface area contributed by atoms with Crippen LogP contribution >= 0.6 is 0 Å². The average molecular weight is 424 g/mol. The van der Waals surface area contributed by atoms with E-state index >= 15 is 0 Å². The number of carboxylic acid groups (broad SMARTS) is 1. The fourth-order valence-electron chi connectivity index (χ4n) is 4.53. The minimum absolute atomic E-state index is 0.00698. The summed E-state index contributed by atoms with van der Waals surface area (Å²) in [5.74, 6) is -1.56. The van der Waals surface area contributed by atoms with Crippen LogP contribution < -0.4 is 9.80 Å². The van der Waals surface area contributed by atoms with Crippen molar-refractivity contribution in [2.75, 3.05) is 29.4 Å². The summed E-state index contributed by atoms with van der Waals surface area (Å²) in [7, 11) is 0. The molecule has 29 heavy (non-hydrogen) atoms. The summed E-state index contributed by atoms with van der Waals surface area (Å²) in [6, 6.07) is -1.14. The largest absolute Gasteiger partial charge is 0.481 e. The van der Waals surface area contributed by atoms with Crippen LogP contribution in [-0.2, 0) is 11.0 Å². The molecule has 6 nitrogen and oxygen atoms in total. The molecule has 1 aromatic heterocycles. The second kappa shape index (κ2) is 6.63. The smallest absolute Gasteiger partial charge is 0.433 e. The summed E-state index contributed by atoms with van der Waals surface area (Å²) in [6.07, 6.45) is -8.82. The van der Waals surface area contributed by atoms with Crippen molar-refractivity contribution in [3.05, 3.63) is 11.8 Å². The summed E-state index contributed by atoms with van der Waals surface area (Å²) >= 11 is 0. The predicted octanol–water partition coefficient (Wildman–Crippen LogP) is 3.18. The first kappa shape index (κ1) is 20.0. The number of hydrogen-bond acceptors (Lipinski definition) is 5. The first-order chi connectivity index (χ1) is 13.4. The van der Waals surface area contributed by atoms with E-state index in [1.54, 1.807) is 4.90 Å². The van der Waals surface area contributed by atoms with Gasteiger partial charge >= 0.3 is 18.3 Å². The van der Waals surface area contributed by atoms with Crippen molar-refractivity contribution in [2.45, 2.75) is 37.7 Å². The van der Waals surface area contributed by atoms with E-state index in [9.17, 15) is 31.1 Å². The molecule has 3 saturated heterocycles. The Kier molecular flexibility index (Phi) is 4.57. The molecule has 0 amide bonds. The average Bonchev–Trinajstić information content (AvgIpc) is 2.56. The van der Waals surface area contributed by atoms with Crippen molar-refractivity contribution in [1.82, 2.24) is 9.97 Å². The van der Waals surface area contributed by atoms with E-state index in [4.69, 9.17) is 5.11 Å². The summed E-state index contributed by atoms with van der Waals surface area (Å²) in [5, 5.41) is 8.98. The number of piperidine rings is 2. The molecule has 1 saturated carbocycles. The van der Waals surface area contributed by atoms with E-state index < -0.39 is 36.0 Å². The molecule has 12 heteroatoms. The first-order valence-corrected chi connectivity index (χ1v) is 9.20. The molecule has 1 unspecified atom stereocenters. The lowest BCUT2D eigenvalue weighted by atomic mass is 9.60. The first-order valence-electron chi connectivity index (χ1n) is 9.20. The van der Waals surface area contributed by atoms with Crippen LogP contribution in [0.25, 0.3) is 0 Å². The van der Waals surface area contributed by atoms with Crippen LogP contribution in [0.15, 0.2) is 6.07 Å². The lowest BCUT2D eigenvalue weighted by Gasteiger charge is -2.53. The fraction of sp³-hybridized carbons (Fsp3) is 0.706. The van der Waals surface area contributed by atoms with Gasteiger partial charge in [-0.15, -0.1) is 0 Å². The molecule has 5 rings (SSSR count). The fourth-order valence-corrected chi connectivity index (χ4v) is 4.53. The quantitative estimate of drug-likeness (QED) is 0.749. The van der Waals surface area contributed by atoms with Gasteiger partial charge in [-0.1, -0.05) is 0 Å². The number of halogens is 6. The molecular formula is C17H18F6N4O2. The van der Waals surface area contributed by atoms with Gasteiger partial charge in [0.2, 0.25) is 5.95 Å².